The molecule has 5 rings (SSSR count). The maximum atomic E-state index is 6.42. The predicted octanol–water partition coefficient (Wildman–Crippen LogP) is 3.37. The van der Waals surface area contributed by atoms with E-state index in [1.807, 2.05) is 47.1 Å². The third kappa shape index (κ3) is 4.17. The van der Waals surface area contributed by atoms with Crippen LogP contribution in [0.2, 0.25) is 5.02 Å². The Morgan fingerprint density at radius 1 is 1.09 bits per heavy atom. The van der Waals surface area contributed by atoms with Gasteiger partial charge < -0.3 is 16.8 Å². The molecule has 3 unspecified atom stereocenters. The summed E-state index contributed by atoms with van der Waals surface area (Å²) in [4.78, 5) is 18.3. The van der Waals surface area contributed by atoms with Crippen LogP contribution in [0, 0.1) is 0 Å². The summed E-state index contributed by atoms with van der Waals surface area (Å²) in [6.07, 6.45) is 9.91. The second kappa shape index (κ2) is 8.82. The first-order valence-corrected chi connectivity index (χ1v) is 11.1. The van der Waals surface area contributed by atoms with E-state index >= 15 is 0 Å². The zero-order chi connectivity index (χ0) is 22.1. The fraction of sp³-hybridized carbons (Fsp3) is 0.304. The lowest BCUT2D eigenvalue weighted by atomic mass is 9.80. The Hall–Kier alpha value is -3.07. The first-order chi connectivity index (χ1) is 15.6. The number of imidazole rings is 1. The van der Waals surface area contributed by atoms with Crippen molar-refractivity contribution < 1.29 is 0 Å². The van der Waals surface area contributed by atoms with Crippen molar-refractivity contribution in [1.29, 1.82) is 0 Å². The fourth-order valence-corrected chi connectivity index (χ4v) is 4.56. The monoisotopic (exact) mass is 448 g/mol. The average molecular weight is 449 g/mol. The van der Waals surface area contributed by atoms with Crippen LogP contribution in [0.1, 0.15) is 36.4 Å². The molecular formula is C23H25ClN8. The average Bonchev–Trinajstić information content (AvgIpc) is 3.24. The van der Waals surface area contributed by atoms with Crippen molar-refractivity contribution in [2.75, 3.05) is 5.32 Å². The zero-order valence-electron chi connectivity index (χ0n) is 17.5. The molecule has 3 atom stereocenters. The molecule has 4 aromatic rings. The Bertz CT molecular complexity index is 1240. The van der Waals surface area contributed by atoms with Crippen molar-refractivity contribution in [3.63, 3.8) is 0 Å². The summed E-state index contributed by atoms with van der Waals surface area (Å²) < 4.78 is 2.01. The number of rotatable bonds is 5. The summed E-state index contributed by atoms with van der Waals surface area (Å²) in [6, 6.07) is 9.75. The van der Waals surface area contributed by atoms with Gasteiger partial charge in [-0.05, 0) is 43.0 Å². The molecule has 8 nitrogen and oxygen atoms in total. The summed E-state index contributed by atoms with van der Waals surface area (Å²) in [7, 11) is 0. The molecule has 0 spiro atoms. The summed E-state index contributed by atoms with van der Waals surface area (Å²) in [5.74, 6) is 0.630. The molecule has 0 aliphatic heterocycles. The van der Waals surface area contributed by atoms with Crippen LogP contribution in [-0.2, 0) is 6.54 Å². The number of nitrogens with one attached hydrogen (secondary N) is 1. The number of nitrogens with zero attached hydrogens (tertiary/aromatic N) is 5. The van der Waals surface area contributed by atoms with E-state index in [9.17, 15) is 0 Å². The Kier molecular flexibility index (Phi) is 5.73. The number of nitrogens with two attached hydrogens (primary N) is 2. The Morgan fingerprint density at radius 3 is 2.88 bits per heavy atom. The number of halogens is 1. The van der Waals surface area contributed by atoms with Gasteiger partial charge in [-0.25, -0.2) is 15.0 Å². The molecule has 1 aromatic carbocycles. The maximum Gasteiger partial charge on any atom is 0.223 e. The predicted molar refractivity (Wildman–Crippen MR) is 125 cm³/mol. The molecule has 5 N–H and O–H groups in total. The molecule has 0 amide bonds. The normalized spacial score (nSPS) is 21.0. The van der Waals surface area contributed by atoms with E-state index in [1.54, 1.807) is 12.4 Å². The number of fused-ring (bicyclic) bond motifs is 1. The van der Waals surface area contributed by atoms with Crippen LogP contribution in [0.4, 0.5) is 5.95 Å². The van der Waals surface area contributed by atoms with Gasteiger partial charge in [0.25, 0.3) is 0 Å². The van der Waals surface area contributed by atoms with Crippen molar-refractivity contribution in [2.24, 2.45) is 11.5 Å². The third-order valence-electron chi connectivity index (χ3n) is 6.01. The molecule has 1 aliphatic carbocycles. The molecule has 32 heavy (non-hydrogen) atoms. The highest BCUT2D eigenvalue weighted by Gasteiger charge is 2.30. The first-order valence-electron chi connectivity index (χ1n) is 10.7. The summed E-state index contributed by atoms with van der Waals surface area (Å²) in [6.45, 7) is 0.574. The summed E-state index contributed by atoms with van der Waals surface area (Å²) >= 11 is 6.07. The van der Waals surface area contributed by atoms with Gasteiger partial charge in [0.15, 0.2) is 5.65 Å². The van der Waals surface area contributed by atoms with Gasteiger partial charge in [0.05, 0.1) is 23.3 Å². The molecule has 1 aliphatic rings. The van der Waals surface area contributed by atoms with Crippen LogP contribution < -0.4 is 16.8 Å². The van der Waals surface area contributed by atoms with E-state index in [1.165, 1.54) is 0 Å². The molecule has 0 radical (unpaired) electrons. The third-order valence-corrected chi connectivity index (χ3v) is 6.24. The quantitative estimate of drug-likeness (QED) is 0.428. The lowest BCUT2D eigenvalue weighted by Crippen LogP contribution is -2.40. The lowest BCUT2D eigenvalue weighted by Gasteiger charge is -2.31. The van der Waals surface area contributed by atoms with Gasteiger partial charge in [-0.3, -0.25) is 9.38 Å². The van der Waals surface area contributed by atoms with E-state index in [4.69, 9.17) is 28.1 Å². The van der Waals surface area contributed by atoms with Gasteiger partial charge in [0, 0.05) is 48.2 Å². The topological polar surface area (TPSA) is 120 Å². The van der Waals surface area contributed by atoms with Crippen LogP contribution in [0.25, 0.3) is 17.0 Å². The van der Waals surface area contributed by atoms with Gasteiger partial charge in [-0.1, -0.05) is 23.7 Å². The van der Waals surface area contributed by atoms with Crippen LogP contribution in [0.15, 0.2) is 55.1 Å². The van der Waals surface area contributed by atoms with Crippen LogP contribution >= 0.6 is 11.6 Å². The van der Waals surface area contributed by atoms with Crippen molar-refractivity contribution in [1.82, 2.24) is 24.3 Å². The second-order valence-corrected chi connectivity index (χ2v) is 8.68. The number of anilines is 1. The second-order valence-electron chi connectivity index (χ2n) is 8.24. The molecule has 1 saturated carbocycles. The minimum absolute atomic E-state index is 0.0370. The number of hydrogen-bond donors (Lipinski definition) is 3. The Morgan fingerprint density at radius 2 is 2.00 bits per heavy atom. The minimum Gasteiger partial charge on any atom is -0.350 e. The van der Waals surface area contributed by atoms with E-state index in [-0.39, 0.29) is 18.0 Å². The van der Waals surface area contributed by atoms with Gasteiger partial charge in [-0.2, -0.15) is 0 Å². The Labute approximate surface area is 191 Å². The van der Waals surface area contributed by atoms with E-state index < -0.39 is 0 Å². The molecule has 0 saturated heterocycles. The summed E-state index contributed by atoms with van der Waals surface area (Å²) in [5, 5.41) is 3.96. The zero-order valence-corrected chi connectivity index (χ0v) is 18.3. The molecule has 3 heterocycles. The highest BCUT2D eigenvalue weighted by atomic mass is 35.5. The largest absolute Gasteiger partial charge is 0.350 e. The molecule has 164 valence electrons. The Balaban J connectivity index is 1.43. The van der Waals surface area contributed by atoms with Crippen molar-refractivity contribution in [2.45, 2.75) is 43.8 Å². The SMILES string of the molecule is NC1CCC(N)C(c2nccn3c(-c4ccnc(NCc5cccc(Cl)c5)n4)cnc23)C1. The standard InChI is InChI=1S/C23H25ClN8/c24-15-3-1-2-14(10-15)12-30-23-28-7-6-19(31-23)20-13-29-22-21(27-8-9-32(20)22)17-11-16(25)4-5-18(17)26/h1-3,6-10,13,16-18H,4-5,11-12,25-26H2,(H,28,30,31). The van der Waals surface area contributed by atoms with Gasteiger partial charge in [-0.15, -0.1) is 0 Å². The molecule has 3 aromatic heterocycles. The van der Waals surface area contributed by atoms with Crippen LogP contribution in [-0.4, -0.2) is 36.4 Å². The van der Waals surface area contributed by atoms with Crippen molar-refractivity contribution in [3.05, 3.63) is 71.4 Å². The number of aromatic nitrogens is 5. The van der Waals surface area contributed by atoms with Gasteiger partial charge >= 0.3 is 0 Å². The molecular weight excluding hydrogens is 424 g/mol. The molecule has 9 heteroatoms. The smallest absolute Gasteiger partial charge is 0.223 e. The molecule has 1 fully saturated rings. The highest BCUT2D eigenvalue weighted by molar-refractivity contribution is 6.30. The fourth-order valence-electron chi connectivity index (χ4n) is 4.35. The van der Waals surface area contributed by atoms with E-state index in [0.717, 1.165) is 47.6 Å². The van der Waals surface area contributed by atoms with Crippen LogP contribution in [0.5, 0.6) is 0 Å². The first kappa shape index (κ1) is 20.8. The van der Waals surface area contributed by atoms with Gasteiger partial charge in [0.1, 0.15) is 0 Å². The van der Waals surface area contributed by atoms with Crippen molar-refractivity contribution in [3.8, 4) is 11.4 Å². The van der Waals surface area contributed by atoms with E-state index in [0.29, 0.717) is 17.5 Å². The van der Waals surface area contributed by atoms with Gasteiger partial charge in [0.2, 0.25) is 5.95 Å². The van der Waals surface area contributed by atoms with E-state index in [2.05, 4.69) is 20.3 Å². The summed E-state index contributed by atoms with van der Waals surface area (Å²) in [5.41, 5.74) is 17.0. The molecule has 0 bridgehead atoms. The number of benzene rings is 1. The lowest BCUT2D eigenvalue weighted by molar-refractivity contribution is 0.343. The minimum atomic E-state index is 0.0370. The van der Waals surface area contributed by atoms with Crippen molar-refractivity contribution >= 4 is 23.2 Å². The highest BCUT2D eigenvalue weighted by Crippen LogP contribution is 2.33. The number of hydrogen-bond acceptors (Lipinski definition) is 7. The maximum absolute atomic E-state index is 6.42. The van der Waals surface area contributed by atoms with Crippen LogP contribution in [0.3, 0.4) is 0 Å².